The van der Waals surface area contributed by atoms with Crippen molar-refractivity contribution in [3.63, 3.8) is 0 Å². The summed E-state index contributed by atoms with van der Waals surface area (Å²) in [5.74, 6) is 0.792. The first kappa shape index (κ1) is 19.1. The van der Waals surface area contributed by atoms with Crippen molar-refractivity contribution in [3.8, 4) is 11.3 Å². The van der Waals surface area contributed by atoms with Gasteiger partial charge in [0.15, 0.2) is 0 Å². The van der Waals surface area contributed by atoms with E-state index in [0.29, 0.717) is 5.91 Å². The molecule has 0 bridgehead atoms. The van der Waals surface area contributed by atoms with Gasteiger partial charge in [0.05, 0.1) is 11.4 Å². The van der Waals surface area contributed by atoms with Gasteiger partial charge in [-0.1, -0.05) is 23.8 Å². The molecule has 0 spiro atoms. The number of benzene rings is 1. The van der Waals surface area contributed by atoms with Gasteiger partial charge in [0.1, 0.15) is 0 Å². The molecule has 5 nitrogen and oxygen atoms in total. The predicted octanol–water partition coefficient (Wildman–Crippen LogP) is 3.50. The van der Waals surface area contributed by atoms with Crippen LogP contribution in [0.1, 0.15) is 42.9 Å². The Hall–Kier alpha value is -2.27. The third-order valence-corrected chi connectivity index (χ3v) is 6.21. The molecule has 1 aromatic heterocycles. The number of amides is 1. The molecule has 1 aromatic carbocycles. The molecule has 1 atom stereocenters. The molecule has 2 aromatic rings. The lowest BCUT2D eigenvalue weighted by molar-refractivity contribution is -0.138. The zero-order valence-corrected chi connectivity index (χ0v) is 17.0. The van der Waals surface area contributed by atoms with Crippen molar-refractivity contribution in [2.45, 2.75) is 38.5 Å². The summed E-state index contributed by atoms with van der Waals surface area (Å²) in [5, 5.41) is 0. The van der Waals surface area contributed by atoms with Gasteiger partial charge in [0.2, 0.25) is 5.91 Å². The van der Waals surface area contributed by atoms with Crippen LogP contribution in [0.3, 0.4) is 0 Å². The summed E-state index contributed by atoms with van der Waals surface area (Å²) in [6.07, 6.45) is 7.62. The number of carbonyl (C=O) groups is 1. The molecule has 0 aliphatic carbocycles. The van der Waals surface area contributed by atoms with E-state index in [1.165, 1.54) is 5.56 Å². The van der Waals surface area contributed by atoms with Crippen molar-refractivity contribution in [2.24, 2.45) is 5.92 Å². The van der Waals surface area contributed by atoms with Gasteiger partial charge in [-0.25, -0.2) is 0 Å². The van der Waals surface area contributed by atoms with E-state index in [2.05, 4.69) is 53.0 Å². The highest BCUT2D eigenvalue weighted by Crippen LogP contribution is 2.33. The zero-order valence-electron chi connectivity index (χ0n) is 17.0. The fourth-order valence-electron chi connectivity index (χ4n) is 4.58. The summed E-state index contributed by atoms with van der Waals surface area (Å²) in [7, 11) is 2.14. The minimum atomic E-state index is 0.188. The summed E-state index contributed by atoms with van der Waals surface area (Å²) in [4.78, 5) is 26.9. The third kappa shape index (κ3) is 4.09. The fourth-order valence-corrected chi connectivity index (χ4v) is 4.58. The summed E-state index contributed by atoms with van der Waals surface area (Å²) in [6.45, 7) is 5.79. The molecule has 0 unspecified atom stereocenters. The van der Waals surface area contributed by atoms with E-state index in [9.17, 15) is 4.79 Å². The van der Waals surface area contributed by atoms with Crippen LogP contribution in [-0.4, -0.2) is 58.9 Å². The number of piperidine rings is 2. The van der Waals surface area contributed by atoms with Crippen molar-refractivity contribution in [3.05, 3.63) is 47.9 Å². The Morgan fingerprint density at radius 1 is 1.07 bits per heavy atom. The van der Waals surface area contributed by atoms with Gasteiger partial charge in [-0.3, -0.25) is 14.8 Å². The zero-order chi connectivity index (χ0) is 19.5. The lowest BCUT2D eigenvalue weighted by Gasteiger charge is -2.37. The number of hydrogen-bond acceptors (Lipinski definition) is 4. The Bertz CT molecular complexity index is 829. The fraction of sp³-hybridized carbons (Fsp3) is 0.522. The minimum Gasteiger partial charge on any atom is -0.342 e. The van der Waals surface area contributed by atoms with Gasteiger partial charge in [-0.05, 0) is 58.8 Å². The van der Waals surface area contributed by atoms with Crippen molar-refractivity contribution in [1.29, 1.82) is 0 Å². The van der Waals surface area contributed by atoms with Crippen LogP contribution in [0.2, 0.25) is 0 Å². The molecule has 0 saturated carbocycles. The van der Waals surface area contributed by atoms with Crippen molar-refractivity contribution < 1.29 is 4.79 Å². The van der Waals surface area contributed by atoms with E-state index in [-0.39, 0.29) is 11.8 Å². The van der Waals surface area contributed by atoms with Crippen molar-refractivity contribution >= 4 is 5.91 Å². The molecule has 5 heteroatoms. The molecule has 0 radical (unpaired) electrons. The summed E-state index contributed by atoms with van der Waals surface area (Å²) in [6, 6.07) is 8.44. The highest BCUT2D eigenvalue weighted by molar-refractivity contribution is 5.79. The lowest BCUT2D eigenvalue weighted by atomic mass is 9.89. The van der Waals surface area contributed by atoms with Gasteiger partial charge >= 0.3 is 0 Å². The summed E-state index contributed by atoms with van der Waals surface area (Å²) >= 11 is 0. The molecule has 148 valence electrons. The molecular formula is C23H30N4O. The van der Waals surface area contributed by atoms with E-state index < -0.39 is 0 Å². The minimum absolute atomic E-state index is 0.188. The highest BCUT2D eigenvalue weighted by Gasteiger charge is 2.32. The van der Waals surface area contributed by atoms with Crippen LogP contribution in [0.4, 0.5) is 0 Å². The van der Waals surface area contributed by atoms with E-state index >= 15 is 0 Å². The normalized spacial score (nSPS) is 21.6. The van der Waals surface area contributed by atoms with E-state index in [0.717, 1.165) is 68.8 Å². The molecule has 2 aliphatic rings. The molecule has 28 heavy (non-hydrogen) atoms. The number of aryl methyl sites for hydroxylation is 1. The summed E-state index contributed by atoms with van der Waals surface area (Å²) in [5.41, 5.74) is 4.33. The first-order valence-corrected chi connectivity index (χ1v) is 10.5. The Labute approximate surface area is 167 Å². The molecule has 1 amide bonds. The Balaban J connectivity index is 1.53. The van der Waals surface area contributed by atoms with E-state index in [4.69, 9.17) is 4.98 Å². The molecule has 0 N–H and O–H groups in total. The largest absolute Gasteiger partial charge is 0.342 e. The molecule has 4 rings (SSSR count). The van der Waals surface area contributed by atoms with Gasteiger partial charge in [-0.15, -0.1) is 0 Å². The SMILES string of the molecule is Cc1cccc(-c2nccnc2[C@@H]2CCCN(C(=O)C3CCN(C)CC3)C2)c1. The summed E-state index contributed by atoms with van der Waals surface area (Å²) < 4.78 is 0. The van der Waals surface area contributed by atoms with Crippen LogP contribution in [0.5, 0.6) is 0 Å². The maximum absolute atomic E-state index is 13.1. The number of nitrogens with zero attached hydrogens (tertiary/aromatic N) is 4. The Kier molecular flexibility index (Phi) is 5.72. The molecular weight excluding hydrogens is 348 g/mol. The van der Waals surface area contributed by atoms with Crippen molar-refractivity contribution in [1.82, 2.24) is 19.8 Å². The van der Waals surface area contributed by atoms with Crippen LogP contribution >= 0.6 is 0 Å². The lowest BCUT2D eigenvalue weighted by Crippen LogP contribution is -2.45. The molecule has 3 heterocycles. The second kappa shape index (κ2) is 8.39. The van der Waals surface area contributed by atoms with Gasteiger partial charge in [0, 0.05) is 42.9 Å². The predicted molar refractivity (Wildman–Crippen MR) is 111 cm³/mol. The average Bonchev–Trinajstić information content (AvgIpc) is 2.74. The molecule has 2 saturated heterocycles. The average molecular weight is 379 g/mol. The second-order valence-electron chi connectivity index (χ2n) is 8.36. The molecule has 2 fully saturated rings. The van der Waals surface area contributed by atoms with Gasteiger partial charge in [-0.2, -0.15) is 0 Å². The highest BCUT2D eigenvalue weighted by atomic mass is 16.2. The van der Waals surface area contributed by atoms with Crippen molar-refractivity contribution in [2.75, 3.05) is 33.2 Å². The number of aromatic nitrogens is 2. The monoisotopic (exact) mass is 378 g/mol. The van der Waals surface area contributed by atoms with Gasteiger partial charge in [0.25, 0.3) is 0 Å². The Morgan fingerprint density at radius 2 is 1.86 bits per heavy atom. The first-order chi connectivity index (χ1) is 13.6. The number of likely N-dealkylation sites (tertiary alicyclic amines) is 2. The van der Waals surface area contributed by atoms with Crippen LogP contribution in [0.15, 0.2) is 36.7 Å². The van der Waals surface area contributed by atoms with Crippen LogP contribution in [0, 0.1) is 12.8 Å². The maximum atomic E-state index is 13.1. The van der Waals surface area contributed by atoms with E-state index in [1.54, 1.807) is 12.4 Å². The quantitative estimate of drug-likeness (QED) is 0.820. The number of carbonyl (C=O) groups excluding carboxylic acids is 1. The molecule has 2 aliphatic heterocycles. The third-order valence-electron chi connectivity index (χ3n) is 6.21. The number of rotatable bonds is 3. The first-order valence-electron chi connectivity index (χ1n) is 10.5. The van der Waals surface area contributed by atoms with Crippen LogP contribution in [0.25, 0.3) is 11.3 Å². The maximum Gasteiger partial charge on any atom is 0.225 e. The van der Waals surface area contributed by atoms with E-state index in [1.807, 2.05) is 0 Å². The van der Waals surface area contributed by atoms with Gasteiger partial charge < -0.3 is 9.80 Å². The topological polar surface area (TPSA) is 49.3 Å². The standard InChI is InChI=1S/C23H30N4O/c1-17-5-3-6-19(15-17)21-22(25-11-10-24-21)20-7-4-12-27(16-20)23(28)18-8-13-26(2)14-9-18/h3,5-6,10-11,15,18,20H,4,7-9,12-14,16H2,1-2H3/t20-/m1/s1. The number of hydrogen-bond donors (Lipinski definition) is 0. The van der Waals surface area contributed by atoms with Crippen LogP contribution in [-0.2, 0) is 4.79 Å². The van der Waals surface area contributed by atoms with Crippen LogP contribution < -0.4 is 0 Å². The Morgan fingerprint density at radius 3 is 2.64 bits per heavy atom. The smallest absolute Gasteiger partial charge is 0.225 e. The second-order valence-corrected chi connectivity index (χ2v) is 8.36.